The molecule has 3 aromatic rings. The van der Waals surface area contributed by atoms with Gasteiger partial charge >= 0.3 is 0 Å². The van der Waals surface area contributed by atoms with Crippen molar-refractivity contribution in [2.45, 2.75) is 32.7 Å². The van der Waals surface area contributed by atoms with Crippen LogP contribution in [0.1, 0.15) is 32.3 Å². The number of carbonyl (C=O) groups excluding carboxylic acids is 1. The summed E-state index contributed by atoms with van der Waals surface area (Å²) in [6.45, 7) is 5.57. The minimum Gasteiger partial charge on any atom is -0.493 e. The number of hydrogen-bond donors (Lipinski definition) is 1. The Morgan fingerprint density at radius 1 is 1.15 bits per heavy atom. The zero-order chi connectivity index (χ0) is 23.2. The second kappa shape index (κ2) is 10.4. The number of carbonyl (C=O) groups is 1. The summed E-state index contributed by atoms with van der Waals surface area (Å²) in [4.78, 5) is 13.1. The molecule has 1 N–H and O–H groups in total. The fraction of sp³-hybridized carbons (Fsp3) is 0.333. The predicted molar refractivity (Wildman–Crippen MR) is 133 cm³/mol. The van der Waals surface area contributed by atoms with E-state index >= 15 is 0 Å². The molecule has 0 radical (unpaired) electrons. The molecule has 1 aliphatic heterocycles. The van der Waals surface area contributed by atoms with Gasteiger partial charge in [-0.25, -0.2) is 0 Å². The number of fused-ring (bicyclic) bond motifs is 1. The maximum Gasteiger partial charge on any atom is 0.248 e. The van der Waals surface area contributed by atoms with Crippen molar-refractivity contribution < 1.29 is 14.3 Å². The number of anilines is 1. The maximum atomic E-state index is 13.1. The van der Waals surface area contributed by atoms with Crippen LogP contribution in [0.25, 0.3) is 10.8 Å². The summed E-state index contributed by atoms with van der Waals surface area (Å²) in [6, 6.07) is 19.5. The molecular weight excluding hydrogens is 414 g/mol. The molecule has 0 saturated carbocycles. The second-order valence-corrected chi connectivity index (χ2v) is 8.70. The Balaban J connectivity index is 1.47. The molecule has 0 aliphatic carbocycles. The molecule has 0 aromatic heterocycles. The zero-order valence-corrected chi connectivity index (χ0v) is 19.5. The van der Waals surface area contributed by atoms with Crippen LogP contribution in [0.15, 0.2) is 65.8 Å². The van der Waals surface area contributed by atoms with E-state index in [-0.39, 0.29) is 11.9 Å². The third kappa shape index (κ3) is 5.45. The molecule has 1 amide bonds. The number of hydrazone groups is 1. The van der Waals surface area contributed by atoms with Crippen molar-refractivity contribution in [2.24, 2.45) is 11.0 Å². The summed E-state index contributed by atoms with van der Waals surface area (Å²) in [7, 11) is 1.63. The van der Waals surface area contributed by atoms with Crippen LogP contribution >= 0.6 is 0 Å². The van der Waals surface area contributed by atoms with Crippen molar-refractivity contribution in [3.05, 3.63) is 66.2 Å². The Labute approximate surface area is 195 Å². The molecule has 3 aromatic carbocycles. The molecule has 1 unspecified atom stereocenters. The van der Waals surface area contributed by atoms with E-state index in [1.54, 1.807) is 13.3 Å². The van der Waals surface area contributed by atoms with Crippen LogP contribution in [0.2, 0.25) is 0 Å². The van der Waals surface area contributed by atoms with Gasteiger partial charge in [-0.3, -0.25) is 9.80 Å². The second-order valence-electron chi connectivity index (χ2n) is 8.70. The van der Waals surface area contributed by atoms with E-state index in [0.717, 1.165) is 41.4 Å². The van der Waals surface area contributed by atoms with E-state index in [0.29, 0.717) is 24.0 Å². The average Bonchev–Trinajstić information content (AvgIpc) is 3.30. The number of amides is 1. The van der Waals surface area contributed by atoms with Gasteiger partial charge in [0.1, 0.15) is 6.04 Å². The largest absolute Gasteiger partial charge is 0.493 e. The van der Waals surface area contributed by atoms with E-state index in [9.17, 15) is 4.79 Å². The quantitative estimate of drug-likeness (QED) is 0.477. The minimum atomic E-state index is -0.296. The predicted octanol–water partition coefficient (Wildman–Crippen LogP) is 5.32. The molecule has 6 nitrogen and oxygen atoms in total. The van der Waals surface area contributed by atoms with Gasteiger partial charge < -0.3 is 14.8 Å². The smallest absolute Gasteiger partial charge is 0.248 e. The number of ether oxygens (including phenoxy) is 2. The molecule has 0 spiro atoms. The van der Waals surface area contributed by atoms with Crippen LogP contribution in [0.4, 0.5) is 5.69 Å². The number of methoxy groups -OCH3 is 1. The lowest BCUT2D eigenvalue weighted by Crippen LogP contribution is -2.36. The van der Waals surface area contributed by atoms with E-state index in [4.69, 9.17) is 9.47 Å². The normalized spacial score (nSPS) is 16.0. The standard InChI is InChI=1S/C27H31N3O3/c1-19(2)18-33-26-16-20(13-14-25(26)32-3)17-28-30-15-7-12-24(30)27(31)29-23-11-6-9-21-8-4-5-10-22(21)23/h4-6,8-11,13-14,16-17,19,24H,7,12,15,18H2,1-3H3,(H,29,31)/b28-17+. The lowest BCUT2D eigenvalue weighted by atomic mass is 10.1. The summed E-state index contributed by atoms with van der Waals surface area (Å²) in [5, 5.41) is 11.8. The monoisotopic (exact) mass is 445 g/mol. The summed E-state index contributed by atoms with van der Waals surface area (Å²) in [5.74, 6) is 1.78. The molecule has 0 bridgehead atoms. The van der Waals surface area contributed by atoms with Crippen molar-refractivity contribution in [3.63, 3.8) is 0 Å². The third-order valence-corrected chi connectivity index (χ3v) is 5.69. The first-order chi connectivity index (χ1) is 16.0. The SMILES string of the molecule is COc1ccc(/C=N/N2CCCC2C(=O)Nc2cccc3ccccc23)cc1OCC(C)C. The Morgan fingerprint density at radius 2 is 1.97 bits per heavy atom. The zero-order valence-electron chi connectivity index (χ0n) is 19.5. The van der Waals surface area contributed by atoms with Gasteiger partial charge in [0.2, 0.25) is 5.91 Å². The molecule has 1 fully saturated rings. The minimum absolute atomic E-state index is 0.0308. The number of nitrogens with zero attached hydrogens (tertiary/aromatic N) is 2. The third-order valence-electron chi connectivity index (χ3n) is 5.69. The highest BCUT2D eigenvalue weighted by atomic mass is 16.5. The Morgan fingerprint density at radius 3 is 2.79 bits per heavy atom. The van der Waals surface area contributed by atoms with E-state index in [2.05, 4.69) is 24.3 Å². The van der Waals surface area contributed by atoms with E-state index in [1.807, 2.05) is 65.7 Å². The van der Waals surface area contributed by atoms with Crippen molar-refractivity contribution in [3.8, 4) is 11.5 Å². The fourth-order valence-electron chi connectivity index (χ4n) is 3.99. The molecule has 1 aliphatic rings. The van der Waals surface area contributed by atoms with Gasteiger partial charge in [0.05, 0.1) is 19.9 Å². The highest BCUT2D eigenvalue weighted by Crippen LogP contribution is 2.29. The van der Waals surface area contributed by atoms with Crippen molar-refractivity contribution in [1.29, 1.82) is 0 Å². The van der Waals surface area contributed by atoms with Crippen molar-refractivity contribution >= 4 is 28.6 Å². The summed E-state index contributed by atoms with van der Waals surface area (Å²) >= 11 is 0. The van der Waals surface area contributed by atoms with Crippen LogP contribution < -0.4 is 14.8 Å². The summed E-state index contributed by atoms with van der Waals surface area (Å²) in [6.07, 6.45) is 3.49. The first-order valence-electron chi connectivity index (χ1n) is 11.4. The summed E-state index contributed by atoms with van der Waals surface area (Å²) < 4.78 is 11.3. The fourth-order valence-corrected chi connectivity index (χ4v) is 3.99. The molecule has 1 atom stereocenters. The van der Waals surface area contributed by atoms with Crippen LogP contribution in [-0.4, -0.2) is 43.4 Å². The molecule has 172 valence electrons. The van der Waals surface area contributed by atoms with Gasteiger partial charge in [-0.1, -0.05) is 50.2 Å². The van der Waals surface area contributed by atoms with Gasteiger partial charge in [-0.15, -0.1) is 0 Å². The maximum absolute atomic E-state index is 13.1. The van der Waals surface area contributed by atoms with Gasteiger partial charge in [0, 0.05) is 17.6 Å². The number of hydrogen-bond acceptors (Lipinski definition) is 5. The highest BCUT2D eigenvalue weighted by Gasteiger charge is 2.30. The van der Waals surface area contributed by atoms with Crippen LogP contribution in [0, 0.1) is 5.92 Å². The Bertz CT molecular complexity index is 1140. The van der Waals surface area contributed by atoms with Crippen molar-refractivity contribution in [2.75, 3.05) is 25.6 Å². The number of nitrogens with one attached hydrogen (secondary N) is 1. The molecule has 6 heteroatoms. The summed E-state index contributed by atoms with van der Waals surface area (Å²) in [5.41, 5.74) is 1.73. The molecule has 1 saturated heterocycles. The van der Waals surface area contributed by atoms with Crippen LogP contribution in [0.3, 0.4) is 0 Å². The average molecular weight is 446 g/mol. The van der Waals surface area contributed by atoms with E-state index < -0.39 is 0 Å². The topological polar surface area (TPSA) is 63.2 Å². The Hall–Kier alpha value is -3.54. The first-order valence-corrected chi connectivity index (χ1v) is 11.4. The van der Waals surface area contributed by atoms with Crippen LogP contribution in [0.5, 0.6) is 11.5 Å². The number of rotatable bonds is 8. The lowest BCUT2D eigenvalue weighted by Gasteiger charge is -2.21. The van der Waals surface area contributed by atoms with Crippen LogP contribution in [-0.2, 0) is 4.79 Å². The van der Waals surface area contributed by atoms with Gasteiger partial charge in [-0.2, -0.15) is 5.10 Å². The molecule has 33 heavy (non-hydrogen) atoms. The number of benzene rings is 3. The van der Waals surface area contributed by atoms with Gasteiger partial charge in [0.15, 0.2) is 11.5 Å². The van der Waals surface area contributed by atoms with Crippen molar-refractivity contribution in [1.82, 2.24) is 5.01 Å². The first kappa shape index (κ1) is 22.6. The van der Waals surface area contributed by atoms with Gasteiger partial charge in [0.25, 0.3) is 0 Å². The molecule has 4 rings (SSSR count). The lowest BCUT2D eigenvalue weighted by molar-refractivity contribution is -0.120. The van der Waals surface area contributed by atoms with E-state index in [1.165, 1.54) is 0 Å². The molecular formula is C27H31N3O3. The Kier molecular flexibility index (Phi) is 7.13. The molecule has 1 heterocycles. The van der Waals surface area contributed by atoms with Gasteiger partial charge in [-0.05, 0) is 54.0 Å². The highest BCUT2D eigenvalue weighted by molar-refractivity contribution is 6.03.